The summed E-state index contributed by atoms with van der Waals surface area (Å²) in [5, 5.41) is 10.5. The van der Waals surface area contributed by atoms with E-state index in [0.29, 0.717) is 29.5 Å². The molecule has 1 atom stereocenters. The minimum absolute atomic E-state index is 0.0562. The monoisotopic (exact) mass is 540 g/mol. The highest BCUT2D eigenvalue weighted by Gasteiger charge is 2.54. The van der Waals surface area contributed by atoms with Crippen LogP contribution in [0.25, 0.3) is 6.08 Å². The highest BCUT2D eigenvalue weighted by molar-refractivity contribution is 6.13. The number of esters is 2. The zero-order valence-corrected chi connectivity index (χ0v) is 23.6. The number of aliphatic hydroxyl groups is 1. The third-order valence-electron chi connectivity index (χ3n) is 7.37. The summed E-state index contributed by atoms with van der Waals surface area (Å²) < 4.78 is 12.0. The fourth-order valence-corrected chi connectivity index (χ4v) is 4.97. The molecule has 3 aromatic rings. The molecule has 3 aromatic carbocycles. The van der Waals surface area contributed by atoms with Gasteiger partial charge < -0.3 is 14.6 Å². The molecule has 1 aliphatic rings. The number of hydrogen-bond donors (Lipinski definition) is 1. The second kappa shape index (κ2) is 12.0. The first-order valence-corrected chi connectivity index (χ1v) is 13.7. The maximum absolute atomic E-state index is 14.7. The summed E-state index contributed by atoms with van der Waals surface area (Å²) in [4.78, 5) is 41.6. The van der Waals surface area contributed by atoms with Crippen molar-refractivity contribution in [3.05, 3.63) is 112 Å². The lowest BCUT2D eigenvalue weighted by atomic mass is 9.77. The fraction of sp³-hybridized carbons (Fsp3) is 0.324. The smallest absolute Gasteiger partial charge is 0.345 e. The van der Waals surface area contributed by atoms with E-state index in [-0.39, 0.29) is 23.0 Å². The number of Topliss-reactive ketones (excluding diaryl/α,β-unsaturated/α-hetero) is 1. The van der Waals surface area contributed by atoms with E-state index < -0.39 is 29.6 Å². The number of rotatable bonds is 9. The van der Waals surface area contributed by atoms with Crippen molar-refractivity contribution in [2.45, 2.75) is 59.4 Å². The van der Waals surface area contributed by atoms with Crippen molar-refractivity contribution in [1.29, 1.82) is 0 Å². The van der Waals surface area contributed by atoms with Crippen LogP contribution in [0.2, 0.25) is 0 Å². The Morgan fingerprint density at radius 2 is 1.35 bits per heavy atom. The van der Waals surface area contributed by atoms with Crippen molar-refractivity contribution in [2.75, 3.05) is 0 Å². The SMILES string of the molecule is Cc1ccc2c(c1CCC(O)C(C)C)C(=O)C(OC(=O)c1ccccc1)(OC(=O)c1ccccc1)C(C(C)C)=C2. The van der Waals surface area contributed by atoms with Crippen LogP contribution in [-0.4, -0.2) is 34.7 Å². The van der Waals surface area contributed by atoms with Crippen molar-refractivity contribution < 1.29 is 29.0 Å². The standard InChI is InChI=1S/C34H36O6/c1-21(2)28-20-26-17-16-23(5)27(18-19-29(35)22(3)4)30(26)31(36)34(28,39-32(37)24-12-8-6-9-13-24)40-33(38)25-14-10-7-11-15-25/h6-17,20-22,29,35H,18-19H2,1-5H3. The Balaban J connectivity index is 1.89. The summed E-state index contributed by atoms with van der Waals surface area (Å²) >= 11 is 0. The summed E-state index contributed by atoms with van der Waals surface area (Å²) in [6, 6.07) is 20.4. The van der Waals surface area contributed by atoms with Crippen LogP contribution in [-0.2, 0) is 15.9 Å². The molecule has 6 heteroatoms. The number of carbonyl (C=O) groups is 3. The Bertz CT molecular complexity index is 1370. The third-order valence-corrected chi connectivity index (χ3v) is 7.37. The third kappa shape index (κ3) is 5.77. The van der Waals surface area contributed by atoms with Crippen molar-refractivity contribution >= 4 is 23.8 Å². The van der Waals surface area contributed by atoms with Gasteiger partial charge in [-0.1, -0.05) is 76.2 Å². The molecule has 1 aliphatic carbocycles. The van der Waals surface area contributed by atoms with Crippen molar-refractivity contribution in [3.8, 4) is 0 Å². The van der Waals surface area contributed by atoms with Crippen LogP contribution < -0.4 is 0 Å². The van der Waals surface area contributed by atoms with E-state index in [2.05, 4.69) is 0 Å². The van der Waals surface area contributed by atoms with Gasteiger partial charge in [-0.05, 0) is 78.6 Å². The maximum atomic E-state index is 14.7. The normalized spacial score (nSPS) is 14.9. The van der Waals surface area contributed by atoms with Crippen molar-refractivity contribution in [1.82, 2.24) is 0 Å². The fourth-order valence-electron chi connectivity index (χ4n) is 4.97. The van der Waals surface area contributed by atoms with E-state index in [4.69, 9.17) is 9.47 Å². The minimum atomic E-state index is -2.31. The Kier molecular flexibility index (Phi) is 8.70. The molecule has 0 radical (unpaired) electrons. The zero-order chi connectivity index (χ0) is 29.0. The van der Waals surface area contributed by atoms with E-state index in [9.17, 15) is 19.5 Å². The molecule has 208 valence electrons. The molecule has 0 saturated heterocycles. The second-order valence-corrected chi connectivity index (χ2v) is 10.9. The van der Waals surface area contributed by atoms with Crippen LogP contribution in [0.5, 0.6) is 0 Å². The Labute approximate surface area is 235 Å². The summed E-state index contributed by atoms with van der Waals surface area (Å²) in [5.41, 5.74) is 3.42. The zero-order valence-electron chi connectivity index (χ0n) is 23.6. The Morgan fingerprint density at radius 3 is 1.82 bits per heavy atom. The van der Waals surface area contributed by atoms with E-state index in [1.807, 2.05) is 46.8 Å². The molecule has 0 spiro atoms. The number of fused-ring (bicyclic) bond motifs is 1. The number of benzene rings is 3. The van der Waals surface area contributed by atoms with Crippen LogP contribution in [0.4, 0.5) is 0 Å². The van der Waals surface area contributed by atoms with E-state index >= 15 is 0 Å². The van der Waals surface area contributed by atoms with Gasteiger partial charge in [-0.25, -0.2) is 9.59 Å². The number of hydrogen-bond acceptors (Lipinski definition) is 6. The molecule has 6 nitrogen and oxygen atoms in total. The molecule has 0 fully saturated rings. The predicted octanol–water partition coefficient (Wildman–Crippen LogP) is 6.59. The lowest BCUT2D eigenvalue weighted by Crippen LogP contribution is -2.52. The summed E-state index contributed by atoms with van der Waals surface area (Å²) in [5.74, 6) is -4.73. The van der Waals surface area contributed by atoms with Gasteiger partial charge in [0.2, 0.25) is 0 Å². The van der Waals surface area contributed by atoms with E-state index in [1.54, 1.807) is 66.7 Å². The number of aryl methyl sites for hydroxylation is 1. The first kappa shape index (κ1) is 29.0. The molecule has 0 amide bonds. The van der Waals surface area contributed by atoms with Gasteiger partial charge in [0.25, 0.3) is 5.78 Å². The van der Waals surface area contributed by atoms with Crippen molar-refractivity contribution in [2.24, 2.45) is 11.8 Å². The topological polar surface area (TPSA) is 89.9 Å². The van der Waals surface area contributed by atoms with Gasteiger partial charge in [-0.3, -0.25) is 4.79 Å². The van der Waals surface area contributed by atoms with E-state index in [0.717, 1.165) is 11.1 Å². The lowest BCUT2D eigenvalue weighted by Gasteiger charge is -2.38. The molecular formula is C34H36O6. The van der Waals surface area contributed by atoms with Crippen LogP contribution >= 0.6 is 0 Å². The number of carbonyl (C=O) groups excluding carboxylic acids is 3. The van der Waals surface area contributed by atoms with E-state index in [1.165, 1.54) is 0 Å². The molecule has 0 saturated carbocycles. The Hall–Kier alpha value is -4.03. The number of ether oxygens (including phenoxy) is 2. The Morgan fingerprint density at radius 1 is 0.825 bits per heavy atom. The molecule has 0 aromatic heterocycles. The van der Waals surface area contributed by atoms with Gasteiger partial charge in [0, 0.05) is 11.1 Å². The average molecular weight is 541 g/mol. The van der Waals surface area contributed by atoms with Gasteiger partial charge in [-0.2, -0.15) is 0 Å². The molecular weight excluding hydrogens is 504 g/mol. The first-order chi connectivity index (χ1) is 19.0. The number of aliphatic hydroxyl groups excluding tert-OH is 1. The van der Waals surface area contributed by atoms with Crippen LogP contribution in [0.3, 0.4) is 0 Å². The van der Waals surface area contributed by atoms with Gasteiger partial charge in [-0.15, -0.1) is 0 Å². The highest BCUT2D eigenvalue weighted by atomic mass is 16.7. The summed E-state index contributed by atoms with van der Waals surface area (Å²) in [7, 11) is 0. The predicted molar refractivity (Wildman–Crippen MR) is 154 cm³/mol. The van der Waals surface area contributed by atoms with Gasteiger partial charge in [0.15, 0.2) is 0 Å². The van der Waals surface area contributed by atoms with Crippen LogP contribution in [0.15, 0.2) is 78.4 Å². The average Bonchev–Trinajstić information content (AvgIpc) is 2.94. The van der Waals surface area contributed by atoms with Gasteiger partial charge >= 0.3 is 17.7 Å². The molecule has 0 bridgehead atoms. The first-order valence-electron chi connectivity index (χ1n) is 13.7. The molecule has 4 rings (SSSR count). The van der Waals surface area contributed by atoms with Crippen molar-refractivity contribution in [3.63, 3.8) is 0 Å². The molecule has 1 unspecified atom stereocenters. The molecule has 40 heavy (non-hydrogen) atoms. The van der Waals surface area contributed by atoms with Crippen LogP contribution in [0.1, 0.15) is 81.9 Å². The second-order valence-electron chi connectivity index (χ2n) is 10.9. The summed E-state index contributed by atoms with van der Waals surface area (Å²) in [6.45, 7) is 9.51. The molecule has 0 aliphatic heterocycles. The number of ketones is 1. The quantitative estimate of drug-likeness (QED) is 0.243. The molecule has 1 N–H and O–H groups in total. The molecule has 0 heterocycles. The van der Waals surface area contributed by atoms with Crippen LogP contribution in [0, 0.1) is 18.8 Å². The van der Waals surface area contributed by atoms with Gasteiger partial charge in [0.1, 0.15) is 0 Å². The minimum Gasteiger partial charge on any atom is -0.407 e. The largest absolute Gasteiger partial charge is 0.407 e. The summed E-state index contributed by atoms with van der Waals surface area (Å²) in [6.07, 6.45) is 2.12. The lowest BCUT2D eigenvalue weighted by molar-refractivity contribution is -0.118. The highest BCUT2D eigenvalue weighted by Crippen LogP contribution is 2.42. The maximum Gasteiger partial charge on any atom is 0.345 e. The van der Waals surface area contributed by atoms with Gasteiger partial charge in [0.05, 0.1) is 17.2 Å².